The highest BCUT2D eigenvalue weighted by Gasteiger charge is 2.45. The highest BCUT2D eigenvalue weighted by molar-refractivity contribution is 6.35. The molecule has 3 aliphatic heterocycles. The van der Waals surface area contributed by atoms with E-state index in [0.29, 0.717) is 19.5 Å². The van der Waals surface area contributed by atoms with Gasteiger partial charge in [0, 0.05) is 44.2 Å². The number of hydrogen-bond donors (Lipinski definition) is 2. The van der Waals surface area contributed by atoms with Crippen molar-refractivity contribution in [3.8, 4) is 22.8 Å². The number of ether oxygens (including phenoxy) is 1. The second-order valence-corrected chi connectivity index (χ2v) is 10.9. The molecule has 1 aromatic heterocycles. The van der Waals surface area contributed by atoms with Crippen molar-refractivity contribution >= 4 is 29.2 Å². The van der Waals surface area contributed by atoms with E-state index in [2.05, 4.69) is 6.58 Å². The van der Waals surface area contributed by atoms with Crippen LogP contribution in [0, 0.1) is 11.7 Å². The molecule has 2 saturated heterocycles. The Kier molecular flexibility index (Phi) is 6.73. The first-order valence-corrected chi connectivity index (χ1v) is 12.9. The van der Waals surface area contributed by atoms with E-state index >= 15 is 4.39 Å². The van der Waals surface area contributed by atoms with Gasteiger partial charge in [0.25, 0.3) is 5.91 Å². The zero-order chi connectivity index (χ0) is 27.4. The number of aromatic hydroxyl groups is 1. The number of benzene rings is 1. The molecule has 1 unspecified atom stereocenters. The van der Waals surface area contributed by atoms with Crippen molar-refractivity contribution in [3.63, 3.8) is 0 Å². The van der Waals surface area contributed by atoms with Gasteiger partial charge in [-0.25, -0.2) is 9.37 Å². The standard InChI is InChI=1S/C27H30ClFN4O5/c1-4-19(36)31-8-9-32-16(12-31)14-38-24-21(26(32)37)25(33-11-15(13-34)10-27(33,2)3)30-23(22(24)28)20-17(29)6-5-7-18(20)35/h4-7,15-16,34-35H,1,8-14H2,2-3H3/t15?,16-/m1/s1. The fourth-order valence-corrected chi connectivity index (χ4v) is 6.05. The van der Waals surface area contributed by atoms with Crippen molar-refractivity contribution in [1.82, 2.24) is 14.8 Å². The average Bonchev–Trinajstić information content (AvgIpc) is 3.12. The van der Waals surface area contributed by atoms with E-state index in [1.165, 1.54) is 24.3 Å². The number of phenols is 1. The molecule has 38 heavy (non-hydrogen) atoms. The van der Waals surface area contributed by atoms with E-state index in [4.69, 9.17) is 21.3 Å². The molecule has 0 spiro atoms. The monoisotopic (exact) mass is 544 g/mol. The van der Waals surface area contributed by atoms with Crippen LogP contribution < -0.4 is 9.64 Å². The second kappa shape index (κ2) is 9.74. The van der Waals surface area contributed by atoms with Gasteiger partial charge in [0.05, 0.1) is 11.6 Å². The van der Waals surface area contributed by atoms with E-state index in [0.717, 1.165) is 0 Å². The smallest absolute Gasteiger partial charge is 0.261 e. The molecule has 202 valence electrons. The third-order valence-electron chi connectivity index (χ3n) is 7.64. The number of carbonyl (C=O) groups excluding carboxylic acids is 2. The molecule has 4 heterocycles. The van der Waals surface area contributed by atoms with E-state index in [-0.39, 0.29) is 83.2 Å². The molecule has 3 aliphatic rings. The predicted octanol–water partition coefficient (Wildman–Crippen LogP) is 3.08. The first-order valence-electron chi connectivity index (χ1n) is 12.5. The third kappa shape index (κ3) is 4.25. The number of halogens is 2. The molecular formula is C27H30ClFN4O5. The van der Waals surface area contributed by atoms with Crippen molar-refractivity contribution in [1.29, 1.82) is 0 Å². The summed E-state index contributed by atoms with van der Waals surface area (Å²) in [6, 6.07) is 3.45. The molecule has 2 aromatic rings. The Labute approximate surface area is 225 Å². The van der Waals surface area contributed by atoms with Crippen LogP contribution in [0.3, 0.4) is 0 Å². The van der Waals surface area contributed by atoms with Gasteiger partial charge in [0.2, 0.25) is 5.91 Å². The minimum Gasteiger partial charge on any atom is -0.507 e. The van der Waals surface area contributed by atoms with Gasteiger partial charge >= 0.3 is 0 Å². The zero-order valence-corrected chi connectivity index (χ0v) is 22.0. The Morgan fingerprint density at radius 2 is 2.08 bits per heavy atom. The summed E-state index contributed by atoms with van der Waals surface area (Å²) in [7, 11) is 0. The fraction of sp³-hybridized carbons (Fsp3) is 0.444. The molecule has 0 saturated carbocycles. The van der Waals surface area contributed by atoms with Crippen LogP contribution in [-0.2, 0) is 4.79 Å². The first-order chi connectivity index (χ1) is 18.1. The molecule has 1 aromatic carbocycles. The number of amides is 2. The number of anilines is 1. The maximum absolute atomic E-state index is 15.0. The maximum atomic E-state index is 15.0. The molecule has 0 bridgehead atoms. The van der Waals surface area contributed by atoms with Gasteiger partial charge in [0.15, 0.2) is 5.75 Å². The van der Waals surface area contributed by atoms with Crippen molar-refractivity contribution in [3.05, 3.63) is 47.3 Å². The number of aliphatic hydroxyl groups excluding tert-OH is 1. The molecule has 5 rings (SSSR count). The molecule has 0 radical (unpaired) electrons. The summed E-state index contributed by atoms with van der Waals surface area (Å²) in [5.41, 5.74) is -0.599. The topological polar surface area (TPSA) is 106 Å². The van der Waals surface area contributed by atoms with Crippen molar-refractivity contribution in [2.75, 3.05) is 44.3 Å². The molecule has 2 N–H and O–H groups in total. The Bertz CT molecular complexity index is 1300. The molecule has 2 atom stereocenters. The van der Waals surface area contributed by atoms with Crippen LogP contribution in [0.4, 0.5) is 10.2 Å². The van der Waals surface area contributed by atoms with Gasteiger partial charge in [-0.1, -0.05) is 24.2 Å². The minimum absolute atomic E-state index is 0.0392. The lowest BCUT2D eigenvalue weighted by molar-refractivity contribution is -0.128. The summed E-state index contributed by atoms with van der Waals surface area (Å²) in [6.07, 6.45) is 1.88. The van der Waals surface area contributed by atoms with Crippen molar-refractivity contribution in [2.24, 2.45) is 5.92 Å². The maximum Gasteiger partial charge on any atom is 0.261 e. The van der Waals surface area contributed by atoms with E-state index in [1.54, 1.807) is 9.80 Å². The number of pyridine rings is 1. The van der Waals surface area contributed by atoms with Gasteiger partial charge in [-0.05, 0) is 38.5 Å². The molecule has 0 aliphatic carbocycles. The number of hydrogen-bond acceptors (Lipinski definition) is 7. The van der Waals surface area contributed by atoms with Gasteiger partial charge in [-0.15, -0.1) is 0 Å². The predicted molar refractivity (Wildman–Crippen MR) is 140 cm³/mol. The lowest BCUT2D eigenvalue weighted by atomic mass is 9.96. The van der Waals surface area contributed by atoms with Gasteiger partial charge in [-0.3, -0.25) is 9.59 Å². The highest BCUT2D eigenvalue weighted by atomic mass is 35.5. The lowest BCUT2D eigenvalue weighted by Gasteiger charge is -2.40. The van der Waals surface area contributed by atoms with Crippen LogP contribution >= 0.6 is 11.6 Å². The number of aliphatic hydroxyl groups is 1. The van der Waals surface area contributed by atoms with Crippen molar-refractivity contribution < 1.29 is 28.9 Å². The number of fused-ring (bicyclic) bond motifs is 2. The Hall–Kier alpha value is -3.37. The molecular weight excluding hydrogens is 515 g/mol. The van der Waals surface area contributed by atoms with Crippen LogP contribution in [0.25, 0.3) is 11.3 Å². The molecule has 2 amide bonds. The highest BCUT2D eigenvalue weighted by Crippen LogP contribution is 2.48. The minimum atomic E-state index is -0.727. The van der Waals surface area contributed by atoms with Crippen LogP contribution in [0.15, 0.2) is 30.9 Å². The largest absolute Gasteiger partial charge is 0.507 e. The summed E-state index contributed by atoms with van der Waals surface area (Å²) in [5, 5.41) is 20.4. The number of aromatic nitrogens is 1. The first kappa shape index (κ1) is 26.2. The summed E-state index contributed by atoms with van der Waals surface area (Å²) >= 11 is 6.78. The Morgan fingerprint density at radius 1 is 1.32 bits per heavy atom. The summed E-state index contributed by atoms with van der Waals surface area (Å²) in [4.78, 5) is 36.3. The van der Waals surface area contributed by atoms with Crippen LogP contribution in [0.2, 0.25) is 5.02 Å². The Balaban J connectivity index is 1.70. The zero-order valence-electron chi connectivity index (χ0n) is 21.3. The summed E-state index contributed by atoms with van der Waals surface area (Å²) in [5.74, 6) is -1.43. The number of nitrogens with zero attached hydrogens (tertiary/aromatic N) is 4. The van der Waals surface area contributed by atoms with Crippen LogP contribution in [0.1, 0.15) is 30.6 Å². The summed E-state index contributed by atoms with van der Waals surface area (Å²) in [6.45, 7) is 8.80. The normalized spacial score (nSPS) is 22.4. The van der Waals surface area contributed by atoms with E-state index in [9.17, 15) is 19.8 Å². The average molecular weight is 545 g/mol. The number of rotatable bonds is 4. The Morgan fingerprint density at radius 3 is 2.74 bits per heavy atom. The van der Waals surface area contributed by atoms with Crippen LogP contribution in [0.5, 0.6) is 11.5 Å². The fourth-order valence-electron chi connectivity index (χ4n) is 5.77. The number of piperazine rings is 1. The molecule has 2 fully saturated rings. The third-order valence-corrected chi connectivity index (χ3v) is 7.99. The summed E-state index contributed by atoms with van der Waals surface area (Å²) < 4.78 is 21.2. The van der Waals surface area contributed by atoms with Crippen molar-refractivity contribution in [2.45, 2.75) is 31.8 Å². The SMILES string of the molecule is C=CC(=O)N1CCN2C(=O)c3c(N4CC(CO)CC4(C)C)nc(-c4c(O)cccc4F)c(Cl)c3OC[C@H]2C1. The van der Waals surface area contributed by atoms with Gasteiger partial charge < -0.3 is 29.6 Å². The molecule has 9 nitrogen and oxygen atoms in total. The van der Waals surface area contributed by atoms with E-state index < -0.39 is 17.4 Å². The van der Waals surface area contributed by atoms with Crippen LogP contribution in [-0.4, -0.2) is 87.8 Å². The lowest BCUT2D eigenvalue weighted by Crippen LogP contribution is -2.57. The molecule has 11 heteroatoms. The van der Waals surface area contributed by atoms with Gasteiger partial charge in [-0.2, -0.15) is 0 Å². The second-order valence-electron chi connectivity index (χ2n) is 10.6. The van der Waals surface area contributed by atoms with E-state index in [1.807, 2.05) is 18.7 Å². The number of carbonyl (C=O) groups is 2. The number of phenolic OH excluding ortho intramolecular Hbond substituents is 1. The quantitative estimate of drug-likeness (QED) is 0.570. The van der Waals surface area contributed by atoms with Gasteiger partial charge in [0.1, 0.15) is 40.3 Å².